The molecule has 0 aliphatic carbocycles. The van der Waals surface area contributed by atoms with E-state index >= 15 is 0 Å². The highest BCUT2D eigenvalue weighted by Gasteiger charge is 2.22. The monoisotopic (exact) mass is 376 g/mol. The summed E-state index contributed by atoms with van der Waals surface area (Å²) in [5, 5.41) is 1.30. The Hall–Kier alpha value is -3.54. The van der Waals surface area contributed by atoms with Crippen molar-refractivity contribution in [1.82, 2.24) is 9.13 Å². The van der Waals surface area contributed by atoms with E-state index in [-0.39, 0.29) is 5.56 Å². The SMILES string of the molecule is COc1ccc(Cn2c(=O)c3c(OC)c(C=O)n(C)c3c3ccccc32)cc1. The highest BCUT2D eigenvalue weighted by atomic mass is 16.5. The summed E-state index contributed by atoms with van der Waals surface area (Å²) in [5.74, 6) is 1.07. The molecule has 4 rings (SSSR count). The molecule has 0 aliphatic heterocycles. The predicted octanol–water partition coefficient (Wildman–Crippen LogP) is 3.37. The normalized spacial score (nSPS) is 11.1. The van der Waals surface area contributed by atoms with E-state index in [2.05, 4.69) is 0 Å². The van der Waals surface area contributed by atoms with Crippen LogP contribution in [0.5, 0.6) is 11.5 Å². The summed E-state index contributed by atoms with van der Waals surface area (Å²) in [5.41, 5.74) is 2.63. The molecule has 6 heteroatoms. The fraction of sp³-hybridized carbons (Fsp3) is 0.182. The molecule has 4 aromatic rings. The van der Waals surface area contributed by atoms with Gasteiger partial charge in [0.15, 0.2) is 12.0 Å². The predicted molar refractivity (Wildman–Crippen MR) is 109 cm³/mol. The van der Waals surface area contributed by atoms with Crippen molar-refractivity contribution in [2.24, 2.45) is 7.05 Å². The number of carbonyl (C=O) groups excluding carboxylic acids is 1. The van der Waals surface area contributed by atoms with Crippen LogP contribution >= 0.6 is 0 Å². The van der Waals surface area contributed by atoms with Gasteiger partial charge in [-0.3, -0.25) is 9.59 Å². The van der Waals surface area contributed by atoms with Gasteiger partial charge in [-0.15, -0.1) is 0 Å². The molecule has 0 N–H and O–H groups in total. The van der Waals surface area contributed by atoms with Gasteiger partial charge in [0.25, 0.3) is 5.56 Å². The number of carbonyl (C=O) groups is 1. The van der Waals surface area contributed by atoms with Gasteiger partial charge in [0.2, 0.25) is 0 Å². The van der Waals surface area contributed by atoms with Crippen LogP contribution < -0.4 is 15.0 Å². The van der Waals surface area contributed by atoms with Gasteiger partial charge < -0.3 is 18.6 Å². The third-order valence-electron chi connectivity index (χ3n) is 5.12. The lowest BCUT2D eigenvalue weighted by molar-refractivity contribution is 0.111. The number of aryl methyl sites for hydroxylation is 1. The number of aromatic nitrogens is 2. The number of nitrogens with zero attached hydrogens (tertiary/aromatic N) is 2. The molecule has 28 heavy (non-hydrogen) atoms. The quantitative estimate of drug-likeness (QED) is 0.501. The highest BCUT2D eigenvalue weighted by Crippen LogP contribution is 2.33. The van der Waals surface area contributed by atoms with Crippen molar-refractivity contribution < 1.29 is 14.3 Å². The Labute approximate surface area is 161 Å². The number of methoxy groups -OCH3 is 2. The third-order valence-corrected chi connectivity index (χ3v) is 5.12. The molecule has 2 aromatic heterocycles. The van der Waals surface area contributed by atoms with Gasteiger partial charge in [-0.05, 0) is 23.8 Å². The van der Waals surface area contributed by atoms with Crippen LogP contribution in [0, 0.1) is 0 Å². The van der Waals surface area contributed by atoms with Crippen molar-refractivity contribution in [3.63, 3.8) is 0 Å². The number of aldehydes is 1. The largest absolute Gasteiger partial charge is 0.497 e. The zero-order valence-electron chi connectivity index (χ0n) is 15.9. The molecule has 0 fully saturated rings. The molecule has 0 atom stereocenters. The van der Waals surface area contributed by atoms with Crippen LogP contribution in [0.15, 0.2) is 53.3 Å². The van der Waals surface area contributed by atoms with E-state index in [0.29, 0.717) is 28.9 Å². The van der Waals surface area contributed by atoms with E-state index in [9.17, 15) is 9.59 Å². The van der Waals surface area contributed by atoms with E-state index < -0.39 is 0 Å². The van der Waals surface area contributed by atoms with Gasteiger partial charge in [-0.2, -0.15) is 0 Å². The van der Waals surface area contributed by atoms with Crippen LogP contribution in [0.3, 0.4) is 0 Å². The summed E-state index contributed by atoms with van der Waals surface area (Å²) in [6, 6.07) is 15.3. The minimum Gasteiger partial charge on any atom is -0.497 e. The first-order valence-electron chi connectivity index (χ1n) is 8.86. The smallest absolute Gasteiger partial charge is 0.264 e. The fourth-order valence-electron chi connectivity index (χ4n) is 3.75. The molecule has 0 radical (unpaired) electrons. The van der Waals surface area contributed by atoms with Crippen LogP contribution in [-0.4, -0.2) is 29.6 Å². The first-order valence-corrected chi connectivity index (χ1v) is 8.86. The zero-order chi connectivity index (χ0) is 19.8. The molecule has 0 bridgehead atoms. The number of fused-ring (bicyclic) bond motifs is 3. The lowest BCUT2D eigenvalue weighted by Gasteiger charge is -2.13. The molecule has 0 saturated heterocycles. The van der Waals surface area contributed by atoms with E-state index in [1.54, 1.807) is 23.3 Å². The summed E-state index contributed by atoms with van der Waals surface area (Å²) >= 11 is 0. The summed E-state index contributed by atoms with van der Waals surface area (Å²) < 4.78 is 14.1. The molecule has 0 saturated carbocycles. The van der Waals surface area contributed by atoms with Crippen LogP contribution in [0.1, 0.15) is 16.1 Å². The number of rotatable bonds is 5. The summed E-state index contributed by atoms with van der Waals surface area (Å²) in [6.45, 7) is 0.397. The zero-order valence-corrected chi connectivity index (χ0v) is 15.9. The Morgan fingerprint density at radius 2 is 1.71 bits per heavy atom. The molecular weight excluding hydrogens is 356 g/mol. The second-order valence-electron chi connectivity index (χ2n) is 6.58. The first-order chi connectivity index (χ1) is 13.6. The van der Waals surface area contributed by atoms with Gasteiger partial charge in [0, 0.05) is 12.4 Å². The van der Waals surface area contributed by atoms with Crippen molar-refractivity contribution in [3.05, 3.63) is 70.1 Å². The number of hydrogen-bond acceptors (Lipinski definition) is 4. The highest BCUT2D eigenvalue weighted by molar-refractivity contribution is 6.09. The molecule has 142 valence electrons. The number of benzene rings is 2. The van der Waals surface area contributed by atoms with E-state index in [1.165, 1.54) is 7.11 Å². The van der Waals surface area contributed by atoms with E-state index in [1.807, 2.05) is 48.5 Å². The molecule has 0 amide bonds. The fourth-order valence-corrected chi connectivity index (χ4v) is 3.75. The molecule has 2 heterocycles. The second-order valence-corrected chi connectivity index (χ2v) is 6.58. The lowest BCUT2D eigenvalue weighted by atomic mass is 10.1. The average Bonchev–Trinajstić information content (AvgIpc) is 3.03. The Morgan fingerprint density at radius 1 is 1.00 bits per heavy atom. The van der Waals surface area contributed by atoms with Crippen LogP contribution in [-0.2, 0) is 13.6 Å². The number of pyridine rings is 1. The lowest BCUT2D eigenvalue weighted by Crippen LogP contribution is -2.21. The van der Waals surface area contributed by atoms with Gasteiger partial charge >= 0.3 is 0 Å². The van der Waals surface area contributed by atoms with E-state index in [0.717, 1.165) is 28.5 Å². The minimum atomic E-state index is -0.190. The Balaban J connectivity index is 2.06. The summed E-state index contributed by atoms with van der Waals surface area (Å²) in [6.07, 6.45) is 0.723. The molecule has 0 unspecified atom stereocenters. The maximum absolute atomic E-state index is 13.5. The topological polar surface area (TPSA) is 62.5 Å². The number of para-hydroxylation sites is 1. The Bertz CT molecular complexity index is 1250. The minimum absolute atomic E-state index is 0.190. The molecule has 6 nitrogen and oxygen atoms in total. The van der Waals surface area contributed by atoms with Gasteiger partial charge in [0.05, 0.1) is 31.8 Å². The maximum Gasteiger partial charge on any atom is 0.264 e. The van der Waals surface area contributed by atoms with Gasteiger partial charge in [-0.25, -0.2) is 0 Å². The first kappa shape index (κ1) is 17.9. The molecule has 0 aliphatic rings. The van der Waals surface area contributed by atoms with Crippen molar-refractivity contribution >= 4 is 28.1 Å². The Morgan fingerprint density at radius 3 is 2.36 bits per heavy atom. The molecule has 0 spiro atoms. The van der Waals surface area contributed by atoms with Crippen LogP contribution in [0.4, 0.5) is 0 Å². The summed E-state index contributed by atoms with van der Waals surface area (Å²) in [4.78, 5) is 25.1. The third kappa shape index (κ3) is 2.57. The Kier molecular flexibility index (Phi) is 4.39. The van der Waals surface area contributed by atoms with Crippen molar-refractivity contribution in [2.45, 2.75) is 6.54 Å². The summed E-state index contributed by atoms with van der Waals surface area (Å²) in [7, 11) is 4.87. The van der Waals surface area contributed by atoms with Crippen molar-refractivity contribution in [3.8, 4) is 11.5 Å². The van der Waals surface area contributed by atoms with E-state index in [4.69, 9.17) is 9.47 Å². The maximum atomic E-state index is 13.5. The number of hydrogen-bond donors (Lipinski definition) is 0. The average molecular weight is 376 g/mol. The molecular formula is C22H20N2O4. The van der Waals surface area contributed by atoms with Gasteiger partial charge in [0.1, 0.15) is 16.8 Å². The van der Waals surface area contributed by atoms with Crippen LogP contribution in [0.2, 0.25) is 0 Å². The van der Waals surface area contributed by atoms with Crippen molar-refractivity contribution in [2.75, 3.05) is 14.2 Å². The standard InChI is InChI=1S/C22H20N2O4/c1-23-18(13-25)21(28-3)19-20(23)16-6-4-5-7-17(16)24(22(19)26)12-14-8-10-15(27-2)11-9-14/h4-11,13H,12H2,1-3H3. The van der Waals surface area contributed by atoms with Gasteiger partial charge in [-0.1, -0.05) is 30.3 Å². The van der Waals surface area contributed by atoms with Crippen LogP contribution in [0.25, 0.3) is 21.8 Å². The number of ether oxygens (including phenoxy) is 2. The van der Waals surface area contributed by atoms with Crippen molar-refractivity contribution in [1.29, 1.82) is 0 Å². The second kappa shape index (κ2) is 6.88. The molecule has 2 aromatic carbocycles.